The van der Waals surface area contributed by atoms with Gasteiger partial charge in [-0.25, -0.2) is 0 Å². The van der Waals surface area contributed by atoms with Gasteiger partial charge in [-0.3, -0.25) is 14.9 Å². The number of hydrogen-bond donors (Lipinski definition) is 1. The van der Waals surface area contributed by atoms with Crippen molar-refractivity contribution in [3.05, 3.63) is 52.3 Å². The first kappa shape index (κ1) is 12.8. The molecule has 98 valence electrons. The molecule has 6 heteroatoms. The molecule has 0 aliphatic rings. The molecule has 19 heavy (non-hydrogen) atoms. The van der Waals surface area contributed by atoms with Crippen molar-refractivity contribution in [1.82, 2.24) is 0 Å². The molecule has 0 fully saturated rings. The summed E-state index contributed by atoms with van der Waals surface area (Å²) < 4.78 is 5.47. The van der Waals surface area contributed by atoms with E-state index in [0.29, 0.717) is 23.5 Å². The van der Waals surface area contributed by atoms with E-state index >= 15 is 0 Å². The van der Waals surface area contributed by atoms with Crippen LogP contribution in [0, 0.1) is 10.1 Å². The molecule has 2 aromatic rings. The zero-order chi connectivity index (χ0) is 13.8. The van der Waals surface area contributed by atoms with Crippen molar-refractivity contribution in [3.8, 4) is 11.3 Å². The van der Waals surface area contributed by atoms with Crippen molar-refractivity contribution in [2.75, 3.05) is 0 Å². The number of carboxylic acid groups (broad SMARTS) is 1. The van der Waals surface area contributed by atoms with E-state index in [1.54, 1.807) is 24.3 Å². The van der Waals surface area contributed by atoms with E-state index in [1.165, 1.54) is 12.1 Å². The van der Waals surface area contributed by atoms with Gasteiger partial charge in [0, 0.05) is 24.1 Å². The molecule has 2 rings (SSSR count). The number of rotatable bonds is 5. The van der Waals surface area contributed by atoms with Crippen LogP contribution >= 0.6 is 0 Å². The molecule has 6 nitrogen and oxygen atoms in total. The monoisotopic (exact) mass is 261 g/mol. The molecule has 0 saturated heterocycles. The van der Waals surface area contributed by atoms with Crippen LogP contribution in [0.4, 0.5) is 5.69 Å². The molecule has 0 aliphatic carbocycles. The fraction of sp³-hybridized carbons (Fsp3) is 0.154. The largest absolute Gasteiger partial charge is 0.481 e. The standard InChI is InChI=1S/C13H11NO5/c15-13(16)7-5-11-4-6-12(19-11)9-2-1-3-10(8-9)14(17)18/h1-4,6,8H,5,7H2,(H,15,16). The Kier molecular flexibility index (Phi) is 3.61. The summed E-state index contributed by atoms with van der Waals surface area (Å²) in [6.45, 7) is 0. The number of aryl methyl sites for hydroxylation is 1. The molecule has 1 aromatic heterocycles. The summed E-state index contributed by atoms with van der Waals surface area (Å²) in [5.74, 6) is 0.140. The predicted octanol–water partition coefficient (Wildman–Crippen LogP) is 2.87. The van der Waals surface area contributed by atoms with Crippen molar-refractivity contribution < 1.29 is 19.2 Å². The predicted molar refractivity (Wildman–Crippen MR) is 66.8 cm³/mol. The first-order valence-corrected chi connectivity index (χ1v) is 5.61. The first-order chi connectivity index (χ1) is 9.06. The number of hydrogen-bond acceptors (Lipinski definition) is 4. The number of carboxylic acids is 1. The average molecular weight is 261 g/mol. The van der Waals surface area contributed by atoms with Gasteiger partial charge in [-0.05, 0) is 12.1 Å². The second-order valence-corrected chi connectivity index (χ2v) is 3.97. The molecule has 0 saturated carbocycles. The number of benzene rings is 1. The van der Waals surface area contributed by atoms with Crippen LogP contribution in [0.5, 0.6) is 0 Å². The minimum absolute atomic E-state index is 0.0120. The maximum absolute atomic E-state index is 10.7. The fourth-order valence-corrected chi connectivity index (χ4v) is 1.67. The smallest absolute Gasteiger partial charge is 0.303 e. The number of furan rings is 1. The lowest BCUT2D eigenvalue weighted by Crippen LogP contribution is -1.96. The summed E-state index contributed by atoms with van der Waals surface area (Å²) in [5, 5.41) is 19.3. The van der Waals surface area contributed by atoms with E-state index in [1.807, 2.05) is 0 Å². The lowest BCUT2D eigenvalue weighted by molar-refractivity contribution is -0.384. The summed E-state index contributed by atoms with van der Waals surface area (Å²) in [6.07, 6.45) is 0.284. The van der Waals surface area contributed by atoms with E-state index in [0.717, 1.165) is 0 Å². The highest BCUT2D eigenvalue weighted by Gasteiger charge is 2.10. The number of carbonyl (C=O) groups is 1. The fourth-order valence-electron chi connectivity index (χ4n) is 1.67. The molecular formula is C13H11NO5. The average Bonchev–Trinajstić information content (AvgIpc) is 2.85. The Labute approximate surface area is 108 Å². The van der Waals surface area contributed by atoms with Gasteiger partial charge in [0.2, 0.25) is 0 Å². The van der Waals surface area contributed by atoms with Gasteiger partial charge in [-0.2, -0.15) is 0 Å². The first-order valence-electron chi connectivity index (χ1n) is 5.61. The molecule has 0 radical (unpaired) electrons. The molecule has 1 heterocycles. The Morgan fingerprint density at radius 1 is 1.32 bits per heavy atom. The van der Waals surface area contributed by atoms with Crippen molar-refractivity contribution in [2.45, 2.75) is 12.8 Å². The molecule has 1 aromatic carbocycles. The molecule has 0 atom stereocenters. The summed E-state index contributed by atoms with van der Waals surface area (Å²) >= 11 is 0. The second kappa shape index (κ2) is 5.34. The van der Waals surface area contributed by atoms with Gasteiger partial charge in [0.05, 0.1) is 11.3 Å². The Hall–Kier alpha value is -2.63. The van der Waals surface area contributed by atoms with Crippen LogP contribution in [0.2, 0.25) is 0 Å². The van der Waals surface area contributed by atoms with Gasteiger partial charge < -0.3 is 9.52 Å². The van der Waals surface area contributed by atoms with Gasteiger partial charge in [0.25, 0.3) is 5.69 Å². The molecule has 0 spiro atoms. The molecule has 0 aliphatic heterocycles. The van der Waals surface area contributed by atoms with Gasteiger partial charge in [-0.15, -0.1) is 0 Å². The maximum Gasteiger partial charge on any atom is 0.303 e. The van der Waals surface area contributed by atoms with Gasteiger partial charge in [0.15, 0.2) is 0 Å². The molecular weight excluding hydrogens is 250 g/mol. The quantitative estimate of drug-likeness (QED) is 0.659. The summed E-state index contributed by atoms with van der Waals surface area (Å²) in [6, 6.07) is 9.45. The number of aliphatic carboxylic acids is 1. The lowest BCUT2D eigenvalue weighted by Gasteiger charge is -1.97. The highest BCUT2D eigenvalue weighted by atomic mass is 16.6. The van der Waals surface area contributed by atoms with Gasteiger partial charge >= 0.3 is 5.97 Å². The number of nitro groups is 1. The van der Waals surface area contributed by atoms with Gasteiger partial charge in [0.1, 0.15) is 11.5 Å². The molecule has 0 bridgehead atoms. The Morgan fingerprint density at radius 3 is 2.79 bits per heavy atom. The van der Waals surface area contributed by atoms with Crippen molar-refractivity contribution >= 4 is 11.7 Å². The summed E-state index contributed by atoms with van der Waals surface area (Å²) in [4.78, 5) is 20.7. The third-order valence-electron chi connectivity index (χ3n) is 2.59. The Bertz CT molecular complexity index is 617. The van der Waals surface area contributed by atoms with E-state index in [4.69, 9.17) is 9.52 Å². The number of nitro benzene ring substituents is 1. The van der Waals surface area contributed by atoms with Crippen molar-refractivity contribution in [2.24, 2.45) is 0 Å². The molecule has 1 N–H and O–H groups in total. The van der Waals surface area contributed by atoms with Crippen LogP contribution in [0.3, 0.4) is 0 Å². The third-order valence-corrected chi connectivity index (χ3v) is 2.59. The van der Waals surface area contributed by atoms with E-state index in [9.17, 15) is 14.9 Å². The Morgan fingerprint density at radius 2 is 2.11 bits per heavy atom. The van der Waals surface area contributed by atoms with E-state index in [-0.39, 0.29) is 12.1 Å². The summed E-state index contributed by atoms with van der Waals surface area (Å²) in [7, 11) is 0. The van der Waals surface area contributed by atoms with Crippen LogP contribution in [0.15, 0.2) is 40.8 Å². The van der Waals surface area contributed by atoms with E-state index in [2.05, 4.69) is 0 Å². The van der Waals surface area contributed by atoms with Crippen LogP contribution in [-0.2, 0) is 11.2 Å². The SMILES string of the molecule is O=C(O)CCc1ccc(-c2cccc([N+](=O)[O-])c2)o1. The van der Waals surface area contributed by atoms with Gasteiger partial charge in [-0.1, -0.05) is 12.1 Å². The zero-order valence-corrected chi connectivity index (χ0v) is 9.91. The Balaban J connectivity index is 2.20. The van der Waals surface area contributed by atoms with E-state index < -0.39 is 10.9 Å². The molecule has 0 amide bonds. The van der Waals surface area contributed by atoms with Crippen molar-refractivity contribution in [1.29, 1.82) is 0 Å². The van der Waals surface area contributed by atoms with Crippen molar-refractivity contribution in [3.63, 3.8) is 0 Å². The molecule has 0 unspecified atom stereocenters. The topological polar surface area (TPSA) is 93.6 Å². The maximum atomic E-state index is 10.7. The second-order valence-electron chi connectivity index (χ2n) is 3.97. The number of nitrogens with zero attached hydrogens (tertiary/aromatic N) is 1. The van der Waals surface area contributed by atoms with Crippen LogP contribution in [0.25, 0.3) is 11.3 Å². The highest BCUT2D eigenvalue weighted by molar-refractivity contribution is 5.67. The minimum atomic E-state index is -0.895. The van der Waals surface area contributed by atoms with Crippen LogP contribution < -0.4 is 0 Å². The van der Waals surface area contributed by atoms with Crippen LogP contribution in [-0.4, -0.2) is 16.0 Å². The zero-order valence-electron chi connectivity index (χ0n) is 9.91. The number of non-ortho nitro benzene ring substituents is 1. The van der Waals surface area contributed by atoms with Crippen LogP contribution in [0.1, 0.15) is 12.2 Å². The summed E-state index contributed by atoms with van der Waals surface area (Å²) in [5.41, 5.74) is 0.580. The minimum Gasteiger partial charge on any atom is -0.481 e. The highest BCUT2D eigenvalue weighted by Crippen LogP contribution is 2.26. The lowest BCUT2D eigenvalue weighted by atomic mass is 10.1. The third kappa shape index (κ3) is 3.19. The normalized spacial score (nSPS) is 10.3.